The molecule has 0 aliphatic carbocycles. The minimum atomic E-state index is 1.20. The summed E-state index contributed by atoms with van der Waals surface area (Å²) in [7, 11) is 2.12. The predicted molar refractivity (Wildman–Crippen MR) is 98.5 cm³/mol. The van der Waals surface area contributed by atoms with E-state index in [-0.39, 0.29) is 0 Å². The fourth-order valence-corrected chi connectivity index (χ4v) is 2.83. The predicted octanol–water partition coefficient (Wildman–Crippen LogP) is 4.66. The van der Waals surface area contributed by atoms with Gasteiger partial charge in [-0.3, -0.25) is 0 Å². The van der Waals surface area contributed by atoms with Gasteiger partial charge in [-0.25, -0.2) is 0 Å². The van der Waals surface area contributed by atoms with Crippen LogP contribution in [0.4, 0.5) is 11.4 Å². The largest absolute Gasteiger partial charge is 0.394 e. The molecule has 3 aromatic carbocycles. The number of benzene rings is 3. The van der Waals surface area contributed by atoms with Crippen LogP contribution >= 0.6 is 0 Å². The molecule has 3 aromatic rings. The van der Waals surface area contributed by atoms with Crippen LogP contribution in [-0.2, 0) is 0 Å². The molecule has 22 heavy (non-hydrogen) atoms. The number of hydrogen-bond acceptors (Lipinski definition) is 1. The van der Waals surface area contributed by atoms with Gasteiger partial charge in [-0.15, -0.1) is 0 Å². The number of aryl methyl sites for hydroxylation is 2. The zero-order valence-electron chi connectivity index (χ0n) is 13.4. The van der Waals surface area contributed by atoms with Crippen LogP contribution < -0.4 is 4.81 Å². The molecular formula is C20H20BN. The molecule has 0 fully saturated rings. The molecular weight excluding hydrogens is 265 g/mol. The first-order valence-corrected chi connectivity index (χ1v) is 7.61. The first-order valence-electron chi connectivity index (χ1n) is 7.61. The molecule has 0 aliphatic rings. The van der Waals surface area contributed by atoms with Gasteiger partial charge in [-0.05, 0) is 48.7 Å². The Kier molecular flexibility index (Phi) is 4.01. The molecule has 0 amide bonds. The molecule has 0 heterocycles. The first kappa shape index (κ1) is 14.5. The fraction of sp³-hybridized carbons (Fsp3) is 0.100. The molecule has 0 aromatic heterocycles. The normalized spacial score (nSPS) is 10.5. The minimum absolute atomic E-state index is 1.20. The van der Waals surface area contributed by atoms with Crippen molar-refractivity contribution in [2.24, 2.45) is 0 Å². The Morgan fingerprint density at radius 1 is 0.727 bits per heavy atom. The van der Waals surface area contributed by atoms with Crippen molar-refractivity contribution < 1.29 is 0 Å². The molecule has 0 saturated carbocycles. The van der Waals surface area contributed by atoms with Crippen LogP contribution in [0.3, 0.4) is 0 Å². The van der Waals surface area contributed by atoms with Crippen LogP contribution in [0, 0.1) is 13.8 Å². The third-order valence-corrected chi connectivity index (χ3v) is 4.08. The van der Waals surface area contributed by atoms with Crippen molar-refractivity contribution in [3.8, 4) is 11.1 Å². The molecule has 0 atom stereocenters. The monoisotopic (exact) mass is 285 g/mol. The Labute approximate surface area is 133 Å². The van der Waals surface area contributed by atoms with Crippen LogP contribution in [0.1, 0.15) is 11.1 Å². The Morgan fingerprint density at radius 3 is 2.00 bits per heavy atom. The number of hydrogen-bond donors (Lipinski definition) is 0. The summed E-state index contributed by atoms with van der Waals surface area (Å²) in [4.78, 5) is 2.24. The standard InChI is InChI=1S/C20H20BN/c1-15-8-13-20(16(2)14-15)22(21)19-11-9-18(10-12-19)17-6-4-3-5-7-17/h3-14H,21H2,1-2H3. The second-order valence-electron chi connectivity index (χ2n) is 5.76. The van der Waals surface area contributed by atoms with E-state index in [4.69, 9.17) is 0 Å². The maximum Gasteiger partial charge on any atom is 0.223 e. The lowest BCUT2D eigenvalue weighted by Gasteiger charge is -2.23. The lowest BCUT2D eigenvalue weighted by molar-refractivity contribution is 1.32. The molecule has 1 nitrogen and oxygen atoms in total. The van der Waals surface area contributed by atoms with E-state index < -0.39 is 0 Å². The third kappa shape index (κ3) is 2.91. The van der Waals surface area contributed by atoms with E-state index in [0.717, 1.165) is 0 Å². The Balaban J connectivity index is 1.89. The van der Waals surface area contributed by atoms with Gasteiger partial charge in [-0.1, -0.05) is 60.2 Å². The van der Waals surface area contributed by atoms with E-state index in [1.54, 1.807) is 0 Å². The van der Waals surface area contributed by atoms with Gasteiger partial charge in [0.2, 0.25) is 7.98 Å². The van der Waals surface area contributed by atoms with Crippen LogP contribution in [0.2, 0.25) is 0 Å². The highest BCUT2D eigenvalue weighted by molar-refractivity contribution is 6.22. The molecule has 2 heteroatoms. The second kappa shape index (κ2) is 6.11. The third-order valence-electron chi connectivity index (χ3n) is 4.08. The summed E-state index contributed by atoms with van der Waals surface area (Å²) in [6.45, 7) is 4.29. The van der Waals surface area contributed by atoms with Crippen LogP contribution in [0.5, 0.6) is 0 Å². The second-order valence-corrected chi connectivity index (χ2v) is 5.76. The van der Waals surface area contributed by atoms with E-state index in [0.29, 0.717) is 0 Å². The van der Waals surface area contributed by atoms with E-state index in [1.807, 2.05) is 6.07 Å². The molecule has 0 saturated heterocycles. The van der Waals surface area contributed by atoms with Gasteiger partial charge in [0.05, 0.1) is 0 Å². The van der Waals surface area contributed by atoms with E-state index >= 15 is 0 Å². The average molecular weight is 285 g/mol. The SMILES string of the molecule is BN(c1ccc(-c2ccccc2)cc1)c1ccc(C)cc1C. The highest BCUT2D eigenvalue weighted by Gasteiger charge is 2.07. The van der Waals surface area contributed by atoms with Crippen molar-refractivity contribution in [2.75, 3.05) is 4.81 Å². The summed E-state index contributed by atoms with van der Waals surface area (Å²) < 4.78 is 0. The molecule has 0 radical (unpaired) electrons. The minimum Gasteiger partial charge on any atom is -0.394 e. The summed E-state index contributed by atoms with van der Waals surface area (Å²) in [5, 5.41) is 0. The summed E-state index contributed by atoms with van der Waals surface area (Å²) in [6.07, 6.45) is 0. The van der Waals surface area contributed by atoms with Gasteiger partial charge in [0, 0.05) is 11.4 Å². The molecule has 108 valence electrons. The molecule has 0 unspecified atom stereocenters. The molecule has 3 rings (SSSR count). The molecule has 0 bridgehead atoms. The Hall–Kier alpha value is -2.48. The van der Waals surface area contributed by atoms with Gasteiger partial charge in [0.1, 0.15) is 0 Å². The number of nitrogens with zero attached hydrogens (tertiary/aromatic N) is 1. The summed E-state index contributed by atoms with van der Waals surface area (Å²) in [5.41, 5.74) is 7.55. The van der Waals surface area contributed by atoms with Crippen molar-refractivity contribution in [1.82, 2.24) is 0 Å². The van der Waals surface area contributed by atoms with Gasteiger partial charge in [-0.2, -0.15) is 0 Å². The summed E-state index contributed by atoms with van der Waals surface area (Å²) in [6, 6.07) is 25.8. The quantitative estimate of drug-likeness (QED) is 0.633. The van der Waals surface area contributed by atoms with Crippen molar-refractivity contribution in [1.29, 1.82) is 0 Å². The topological polar surface area (TPSA) is 3.24 Å². The zero-order valence-corrected chi connectivity index (χ0v) is 13.4. The first-order chi connectivity index (χ1) is 10.6. The van der Waals surface area contributed by atoms with Crippen molar-refractivity contribution in [3.05, 3.63) is 83.9 Å². The summed E-state index contributed by atoms with van der Waals surface area (Å²) >= 11 is 0. The van der Waals surface area contributed by atoms with Crippen LogP contribution in [0.15, 0.2) is 72.8 Å². The smallest absolute Gasteiger partial charge is 0.223 e. The maximum absolute atomic E-state index is 2.24. The van der Waals surface area contributed by atoms with Crippen LogP contribution in [0.25, 0.3) is 11.1 Å². The van der Waals surface area contributed by atoms with Crippen molar-refractivity contribution >= 4 is 19.4 Å². The molecule has 0 spiro atoms. The fourth-order valence-electron chi connectivity index (χ4n) is 2.83. The highest BCUT2D eigenvalue weighted by Crippen LogP contribution is 2.29. The van der Waals surface area contributed by atoms with E-state index in [1.165, 1.54) is 33.6 Å². The molecule has 0 N–H and O–H groups in total. The van der Waals surface area contributed by atoms with Gasteiger partial charge in [0.15, 0.2) is 0 Å². The van der Waals surface area contributed by atoms with Crippen molar-refractivity contribution in [3.63, 3.8) is 0 Å². The highest BCUT2D eigenvalue weighted by atomic mass is 15.0. The van der Waals surface area contributed by atoms with Gasteiger partial charge in [0.25, 0.3) is 0 Å². The average Bonchev–Trinajstić information content (AvgIpc) is 2.55. The Bertz CT molecular complexity index is 763. The van der Waals surface area contributed by atoms with E-state index in [9.17, 15) is 0 Å². The summed E-state index contributed by atoms with van der Waals surface area (Å²) in [5.74, 6) is 0. The van der Waals surface area contributed by atoms with Crippen molar-refractivity contribution in [2.45, 2.75) is 13.8 Å². The van der Waals surface area contributed by atoms with Crippen LogP contribution in [-0.4, -0.2) is 7.98 Å². The van der Waals surface area contributed by atoms with Gasteiger partial charge < -0.3 is 4.81 Å². The zero-order chi connectivity index (χ0) is 15.5. The van der Waals surface area contributed by atoms with E-state index in [2.05, 4.69) is 93.4 Å². The lowest BCUT2D eigenvalue weighted by Crippen LogP contribution is -2.13. The maximum atomic E-state index is 2.24. The number of anilines is 2. The Morgan fingerprint density at radius 2 is 1.36 bits per heavy atom. The molecule has 0 aliphatic heterocycles. The number of rotatable bonds is 3. The van der Waals surface area contributed by atoms with Gasteiger partial charge >= 0.3 is 0 Å². The lowest BCUT2D eigenvalue weighted by atomic mass is 10.0.